The van der Waals surface area contributed by atoms with Crippen LogP contribution in [-0.4, -0.2) is 41.1 Å². The second kappa shape index (κ2) is 6.53. The van der Waals surface area contributed by atoms with E-state index in [1.807, 2.05) is 0 Å². The van der Waals surface area contributed by atoms with E-state index < -0.39 is 0 Å². The van der Waals surface area contributed by atoms with Crippen molar-refractivity contribution in [3.05, 3.63) is 17.0 Å². The summed E-state index contributed by atoms with van der Waals surface area (Å²) < 4.78 is 5.91. The van der Waals surface area contributed by atoms with Gasteiger partial charge in [-0.25, -0.2) is 9.97 Å². The number of aromatic nitrogens is 2. The summed E-state index contributed by atoms with van der Waals surface area (Å²) in [6, 6.07) is 0.475. The number of rotatable bonds is 4. The summed E-state index contributed by atoms with van der Waals surface area (Å²) in [5.41, 5.74) is 0.905. The average molecular weight is 284 g/mol. The molecule has 0 bridgehead atoms. The van der Waals surface area contributed by atoms with Gasteiger partial charge in [-0.15, -0.1) is 0 Å². The Balaban J connectivity index is 2.05. The molecule has 106 valence electrons. The van der Waals surface area contributed by atoms with Crippen LogP contribution in [0.2, 0.25) is 5.15 Å². The van der Waals surface area contributed by atoms with Gasteiger partial charge in [0.2, 0.25) is 5.88 Å². The molecule has 0 N–H and O–H groups in total. The summed E-state index contributed by atoms with van der Waals surface area (Å²) in [4.78, 5) is 10.6. The third-order valence-electron chi connectivity index (χ3n) is 3.71. The molecule has 0 radical (unpaired) electrons. The molecule has 4 nitrogen and oxygen atoms in total. The zero-order valence-electron chi connectivity index (χ0n) is 11.9. The molecule has 0 spiro atoms. The third-order valence-corrected chi connectivity index (χ3v) is 4.01. The summed E-state index contributed by atoms with van der Waals surface area (Å²) in [7, 11) is 2.16. The summed E-state index contributed by atoms with van der Waals surface area (Å²) in [6.45, 7) is 5.97. The van der Waals surface area contributed by atoms with Gasteiger partial charge >= 0.3 is 0 Å². The first kappa shape index (κ1) is 14.5. The fraction of sp³-hybridized carbons (Fsp3) is 0.714. The first-order valence-electron chi connectivity index (χ1n) is 6.93. The molecule has 0 aliphatic carbocycles. The Bertz CT molecular complexity index is 425. The Morgan fingerprint density at radius 2 is 2.21 bits per heavy atom. The van der Waals surface area contributed by atoms with E-state index in [1.165, 1.54) is 25.6 Å². The molecule has 0 aromatic carbocycles. The molecule has 1 aromatic heterocycles. The lowest BCUT2D eigenvalue weighted by Crippen LogP contribution is -2.40. The van der Waals surface area contributed by atoms with Crippen LogP contribution in [-0.2, 0) is 0 Å². The van der Waals surface area contributed by atoms with Crippen molar-refractivity contribution < 1.29 is 4.74 Å². The van der Waals surface area contributed by atoms with Crippen LogP contribution in [0.4, 0.5) is 0 Å². The summed E-state index contributed by atoms with van der Waals surface area (Å²) in [5.74, 6) is 0.891. The van der Waals surface area contributed by atoms with Crippen LogP contribution in [0.15, 0.2) is 6.33 Å². The molecule has 0 amide bonds. The van der Waals surface area contributed by atoms with Crippen LogP contribution in [0, 0.1) is 0 Å². The molecule has 5 heteroatoms. The minimum atomic E-state index is 0.257. The van der Waals surface area contributed by atoms with E-state index in [1.54, 1.807) is 0 Å². The average Bonchev–Trinajstić information content (AvgIpc) is 2.37. The van der Waals surface area contributed by atoms with E-state index in [2.05, 4.69) is 35.8 Å². The standard InChI is InChI=1S/C14H22ClN3O/c1-10(2)12-13(15)16-9-17-14(12)19-8-11-6-4-5-7-18(11)3/h9-11H,4-8H2,1-3H3. The maximum Gasteiger partial charge on any atom is 0.221 e. The Morgan fingerprint density at radius 3 is 2.89 bits per heavy atom. The first-order valence-corrected chi connectivity index (χ1v) is 7.30. The van der Waals surface area contributed by atoms with Gasteiger partial charge in [0, 0.05) is 6.04 Å². The first-order chi connectivity index (χ1) is 9.09. The zero-order valence-corrected chi connectivity index (χ0v) is 12.7. The fourth-order valence-corrected chi connectivity index (χ4v) is 2.83. The second-order valence-corrected chi connectivity index (χ2v) is 5.84. The third kappa shape index (κ3) is 3.57. The highest BCUT2D eigenvalue weighted by molar-refractivity contribution is 6.30. The largest absolute Gasteiger partial charge is 0.476 e. The summed E-state index contributed by atoms with van der Waals surface area (Å²) in [6.07, 6.45) is 5.21. The fourth-order valence-electron chi connectivity index (χ4n) is 2.49. The molecule has 0 saturated carbocycles. The topological polar surface area (TPSA) is 38.3 Å². The smallest absolute Gasteiger partial charge is 0.221 e. The molecule has 1 fully saturated rings. The van der Waals surface area contributed by atoms with E-state index >= 15 is 0 Å². The molecule has 2 heterocycles. The van der Waals surface area contributed by atoms with E-state index in [0.29, 0.717) is 23.7 Å². The number of ether oxygens (including phenoxy) is 1. The molecular weight excluding hydrogens is 262 g/mol. The Kier molecular flexibility index (Phi) is 4.99. The second-order valence-electron chi connectivity index (χ2n) is 5.48. The van der Waals surface area contributed by atoms with Crippen molar-refractivity contribution in [2.75, 3.05) is 20.2 Å². The zero-order chi connectivity index (χ0) is 13.8. The van der Waals surface area contributed by atoms with E-state index in [0.717, 1.165) is 12.1 Å². The van der Waals surface area contributed by atoms with Gasteiger partial charge in [0.1, 0.15) is 18.1 Å². The molecule has 1 aliphatic rings. The molecular formula is C14H22ClN3O. The number of likely N-dealkylation sites (N-methyl/N-ethyl adjacent to an activating group) is 1. The van der Waals surface area contributed by atoms with E-state index in [-0.39, 0.29) is 5.92 Å². The minimum absolute atomic E-state index is 0.257. The van der Waals surface area contributed by atoms with Crippen molar-refractivity contribution in [2.45, 2.75) is 45.1 Å². The van der Waals surface area contributed by atoms with Crippen molar-refractivity contribution in [3.63, 3.8) is 0 Å². The van der Waals surface area contributed by atoms with Gasteiger partial charge in [-0.3, -0.25) is 0 Å². The Labute approximate surface area is 120 Å². The SMILES string of the molecule is CC(C)c1c(Cl)ncnc1OCC1CCCCN1C. The molecule has 19 heavy (non-hydrogen) atoms. The number of halogens is 1. The quantitative estimate of drug-likeness (QED) is 0.796. The van der Waals surface area contributed by atoms with Gasteiger partial charge in [-0.2, -0.15) is 0 Å². The van der Waals surface area contributed by atoms with Crippen molar-refractivity contribution >= 4 is 11.6 Å². The van der Waals surface area contributed by atoms with Gasteiger partial charge < -0.3 is 9.64 Å². The number of nitrogens with zero attached hydrogens (tertiary/aromatic N) is 3. The molecule has 1 unspecified atom stereocenters. The van der Waals surface area contributed by atoms with Crippen molar-refractivity contribution in [1.82, 2.24) is 14.9 Å². The van der Waals surface area contributed by atoms with Crippen LogP contribution in [0.25, 0.3) is 0 Å². The number of hydrogen-bond donors (Lipinski definition) is 0. The van der Waals surface area contributed by atoms with Gasteiger partial charge in [-0.05, 0) is 32.4 Å². The van der Waals surface area contributed by atoms with Gasteiger partial charge in [-0.1, -0.05) is 31.9 Å². The Hall–Kier alpha value is -0.870. The molecule has 1 atom stereocenters. The molecule has 2 rings (SSSR count). The highest BCUT2D eigenvalue weighted by atomic mass is 35.5. The monoisotopic (exact) mass is 283 g/mol. The molecule has 1 aliphatic heterocycles. The van der Waals surface area contributed by atoms with Crippen molar-refractivity contribution in [3.8, 4) is 5.88 Å². The highest BCUT2D eigenvalue weighted by Gasteiger charge is 2.21. The summed E-state index contributed by atoms with van der Waals surface area (Å²) >= 11 is 6.13. The predicted octanol–water partition coefficient (Wildman–Crippen LogP) is 3.12. The van der Waals surface area contributed by atoms with Crippen LogP contribution in [0.5, 0.6) is 5.88 Å². The lowest BCUT2D eigenvalue weighted by Gasteiger charge is -2.32. The number of piperidine rings is 1. The maximum atomic E-state index is 6.13. The van der Waals surface area contributed by atoms with Crippen LogP contribution in [0.3, 0.4) is 0 Å². The van der Waals surface area contributed by atoms with E-state index in [9.17, 15) is 0 Å². The van der Waals surface area contributed by atoms with Gasteiger partial charge in [0.25, 0.3) is 0 Å². The van der Waals surface area contributed by atoms with Crippen molar-refractivity contribution in [1.29, 1.82) is 0 Å². The van der Waals surface area contributed by atoms with Gasteiger partial charge in [0.05, 0.1) is 5.56 Å². The minimum Gasteiger partial charge on any atom is -0.476 e. The number of hydrogen-bond acceptors (Lipinski definition) is 4. The molecule has 1 aromatic rings. The van der Waals surface area contributed by atoms with Crippen molar-refractivity contribution in [2.24, 2.45) is 0 Å². The lowest BCUT2D eigenvalue weighted by molar-refractivity contribution is 0.122. The highest BCUT2D eigenvalue weighted by Crippen LogP contribution is 2.30. The Morgan fingerprint density at radius 1 is 1.42 bits per heavy atom. The van der Waals surface area contributed by atoms with Gasteiger partial charge in [0.15, 0.2) is 0 Å². The molecule has 1 saturated heterocycles. The van der Waals surface area contributed by atoms with Crippen LogP contribution in [0.1, 0.15) is 44.6 Å². The lowest BCUT2D eigenvalue weighted by atomic mass is 10.0. The summed E-state index contributed by atoms with van der Waals surface area (Å²) in [5, 5.41) is 0.497. The normalized spacial score (nSPS) is 20.8. The van der Waals surface area contributed by atoms with Crippen LogP contribution < -0.4 is 4.74 Å². The predicted molar refractivity (Wildman–Crippen MR) is 76.9 cm³/mol. The van der Waals surface area contributed by atoms with Crippen LogP contribution >= 0.6 is 11.6 Å². The maximum absolute atomic E-state index is 6.13. The van der Waals surface area contributed by atoms with E-state index in [4.69, 9.17) is 16.3 Å². The number of likely N-dealkylation sites (tertiary alicyclic amines) is 1.